The van der Waals surface area contributed by atoms with Crippen molar-refractivity contribution >= 4 is 33.2 Å². The summed E-state index contributed by atoms with van der Waals surface area (Å²) in [5.74, 6) is 0.158. The number of anilines is 1. The average molecular weight is 445 g/mol. The first-order valence-electron chi connectivity index (χ1n) is 9.24. The summed E-state index contributed by atoms with van der Waals surface area (Å²) < 4.78 is 32.8. The van der Waals surface area contributed by atoms with E-state index in [1.165, 1.54) is 24.3 Å². The topological polar surface area (TPSA) is 84.5 Å². The van der Waals surface area contributed by atoms with Gasteiger partial charge in [0.2, 0.25) is 0 Å². The molecule has 0 atom stereocenters. The maximum Gasteiger partial charge on any atom is 0.261 e. The maximum atomic E-state index is 12.5. The second-order valence-electron chi connectivity index (χ2n) is 6.46. The first-order chi connectivity index (χ1) is 14.4. The molecule has 0 bridgehead atoms. The van der Waals surface area contributed by atoms with Gasteiger partial charge in [-0.05, 0) is 60.5 Å². The Balaban J connectivity index is 1.47. The largest absolute Gasteiger partial charge is 0.484 e. The summed E-state index contributed by atoms with van der Waals surface area (Å²) in [6, 6.07) is 22.1. The standard InChI is InChI=1S/C22H21ClN2O4S/c23-18-6-8-19(9-7-18)25-30(27,28)21-12-10-20(11-13-21)29-16-22(26)24-15-14-17-4-2-1-3-5-17/h1-13,25H,14-16H2,(H,24,26). The van der Waals surface area contributed by atoms with Crippen LogP contribution < -0.4 is 14.8 Å². The maximum absolute atomic E-state index is 12.5. The Kier molecular flexibility index (Phi) is 7.32. The monoisotopic (exact) mass is 444 g/mol. The third kappa shape index (κ3) is 6.50. The zero-order valence-electron chi connectivity index (χ0n) is 16.0. The SMILES string of the molecule is O=C(COc1ccc(S(=O)(=O)Nc2ccc(Cl)cc2)cc1)NCCc1ccccc1. The molecule has 0 aromatic heterocycles. The van der Waals surface area contributed by atoms with E-state index in [1.54, 1.807) is 24.3 Å². The molecule has 0 unspecified atom stereocenters. The van der Waals surface area contributed by atoms with Crippen molar-refractivity contribution in [3.05, 3.63) is 89.4 Å². The number of hydrogen-bond acceptors (Lipinski definition) is 4. The molecule has 0 spiro atoms. The van der Waals surface area contributed by atoms with Gasteiger partial charge in [-0.25, -0.2) is 8.42 Å². The molecule has 0 aliphatic heterocycles. The highest BCUT2D eigenvalue weighted by Gasteiger charge is 2.14. The normalized spacial score (nSPS) is 11.0. The molecule has 0 fully saturated rings. The van der Waals surface area contributed by atoms with Crippen molar-refractivity contribution in [2.45, 2.75) is 11.3 Å². The van der Waals surface area contributed by atoms with Crippen LogP contribution in [0.4, 0.5) is 5.69 Å². The molecule has 3 rings (SSSR count). The number of rotatable bonds is 9. The Bertz CT molecular complexity index is 1070. The molecule has 1 amide bonds. The van der Waals surface area contributed by atoms with E-state index < -0.39 is 10.0 Å². The van der Waals surface area contributed by atoms with Gasteiger partial charge in [0.15, 0.2) is 6.61 Å². The zero-order chi connectivity index (χ0) is 21.4. The summed E-state index contributed by atoms with van der Waals surface area (Å²) in [4.78, 5) is 12.0. The van der Waals surface area contributed by atoms with Gasteiger partial charge in [-0.3, -0.25) is 9.52 Å². The lowest BCUT2D eigenvalue weighted by Gasteiger charge is -2.10. The molecule has 156 valence electrons. The van der Waals surface area contributed by atoms with Gasteiger partial charge < -0.3 is 10.1 Å². The van der Waals surface area contributed by atoms with Crippen LogP contribution in [0.1, 0.15) is 5.56 Å². The smallest absolute Gasteiger partial charge is 0.261 e. The number of carbonyl (C=O) groups excluding carboxylic acids is 1. The number of ether oxygens (including phenoxy) is 1. The highest BCUT2D eigenvalue weighted by molar-refractivity contribution is 7.92. The second-order valence-corrected chi connectivity index (χ2v) is 8.58. The molecular formula is C22H21ClN2O4S. The van der Waals surface area contributed by atoms with Gasteiger partial charge in [0.1, 0.15) is 5.75 Å². The van der Waals surface area contributed by atoms with Crippen molar-refractivity contribution in [2.24, 2.45) is 0 Å². The lowest BCUT2D eigenvalue weighted by molar-refractivity contribution is -0.123. The summed E-state index contributed by atoms with van der Waals surface area (Å²) in [5, 5.41) is 3.31. The van der Waals surface area contributed by atoms with Crippen LogP contribution in [-0.2, 0) is 21.2 Å². The number of halogens is 1. The van der Waals surface area contributed by atoms with Crippen LogP contribution in [0.2, 0.25) is 5.02 Å². The Morgan fingerprint density at radius 3 is 2.23 bits per heavy atom. The van der Waals surface area contributed by atoms with Crippen molar-refractivity contribution < 1.29 is 17.9 Å². The van der Waals surface area contributed by atoms with Gasteiger partial charge in [0.25, 0.3) is 15.9 Å². The van der Waals surface area contributed by atoms with E-state index in [4.69, 9.17) is 16.3 Å². The van der Waals surface area contributed by atoms with Crippen molar-refractivity contribution in [1.82, 2.24) is 5.32 Å². The third-order valence-corrected chi connectivity index (χ3v) is 5.83. The zero-order valence-corrected chi connectivity index (χ0v) is 17.6. The predicted octanol–water partition coefficient (Wildman–Crippen LogP) is 3.88. The molecule has 0 saturated heterocycles. The highest BCUT2D eigenvalue weighted by Crippen LogP contribution is 2.20. The molecule has 0 heterocycles. The summed E-state index contributed by atoms with van der Waals surface area (Å²) in [5.41, 5.74) is 1.55. The molecule has 3 aromatic carbocycles. The third-order valence-electron chi connectivity index (χ3n) is 4.18. The van der Waals surface area contributed by atoms with Crippen LogP contribution in [-0.4, -0.2) is 27.5 Å². The minimum atomic E-state index is -3.74. The molecule has 0 aliphatic carbocycles. The predicted molar refractivity (Wildman–Crippen MR) is 117 cm³/mol. The molecule has 3 aromatic rings. The van der Waals surface area contributed by atoms with Gasteiger partial charge in [-0.15, -0.1) is 0 Å². The van der Waals surface area contributed by atoms with Gasteiger partial charge in [-0.1, -0.05) is 41.9 Å². The Morgan fingerprint density at radius 2 is 1.57 bits per heavy atom. The van der Waals surface area contributed by atoms with Crippen LogP contribution in [0.5, 0.6) is 5.75 Å². The number of sulfonamides is 1. The van der Waals surface area contributed by atoms with Crippen LogP contribution in [0, 0.1) is 0 Å². The average Bonchev–Trinajstić information content (AvgIpc) is 2.75. The van der Waals surface area contributed by atoms with Crippen LogP contribution in [0.25, 0.3) is 0 Å². The Hall–Kier alpha value is -3.03. The quantitative estimate of drug-likeness (QED) is 0.524. The number of benzene rings is 3. The van der Waals surface area contributed by atoms with E-state index >= 15 is 0 Å². The molecule has 0 saturated carbocycles. The molecule has 2 N–H and O–H groups in total. The van der Waals surface area contributed by atoms with Crippen molar-refractivity contribution in [2.75, 3.05) is 17.9 Å². The molecule has 30 heavy (non-hydrogen) atoms. The van der Waals surface area contributed by atoms with Gasteiger partial charge in [0.05, 0.1) is 4.90 Å². The van der Waals surface area contributed by atoms with Crippen LogP contribution >= 0.6 is 11.6 Å². The lowest BCUT2D eigenvalue weighted by Crippen LogP contribution is -2.30. The van der Waals surface area contributed by atoms with Crippen LogP contribution in [0.15, 0.2) is 83.8 Å². The molecule has 6 nitrogen and oxygen atoms in total. The molecule has 0 aliphatic rings. The van der Waals surface area contributed by atoms with E-state index in [0.29, 0.717) is 23.0 Å². The fourth-order valence-electron chi connectivity index (χ4n) is 2.64. The first-order valence-corrected chi connectivity index (χ1v) is 11.1. The number of hydrogen-bond donors (Lipinski definition) is 2. The van der Waals surface area contributed by atoms with Gasteiger partial charge >= 0.3 is 0 Å². The Morgan fingerprint density at radius 1 is 0.900 bits per heavy atom. The van der Waals surface area contributed by atoms with E-state index in [0.717, 1.165) is 12.0 Å². The van der Waals surface area contributed by atoms with Crippen molar-refractivity contribution in [3.63, 3.8) is 0 Å². The summed E-state index contributed by atoms with van der Waals surface area (Å²) in [7, 11) is -3.74. The lowest BCUT2D eigenvalue weighted by atomic mass is 10.1. The van der Waals surface area contributed by atoms with Crippen molar-refractivity contribution in [1.29, 1.82) is 0 Å². The molecule has 8 heteroatoms. The second kappa shape index (κ2) is 10.1. The van der Waals surface area contributed by atoms with Crippen LogP contribution in [0.3, 0.4) is 0 Å². The molecular weight excluding hydrogens is 424 g/mol. The minimum absolute atomic E-state index is 0.0807. The summed E-state index contributed by atoms with van der Waals surface area (Å²) in [6.45, 7) is 0.365. The molecule has 0 radical (unpaired) electrons. The van der Waals surface area contributed by atoms with Gasteiger partial charge in [0, 0.05) is 17.3 Å². The number of nitrogens with one attached hydrogen (secondary N) is 2. The Labute approximate surface area is 180 Å². The summed E-state index contributed by atoms with van der Waals surface area (Å²) in [6.07, 6.45) is 0.736. The van der Waals surface area contributed by atoms with E-state index in [-0.39, 0.29) is 17.4 Å². The van der Waals surface area contributed by atoms with E-state index in [9.17, 15) is 13.2 Å². The number of amides is 1. The minimum Gasteiger partial charge on any atom is -0.484 e. The summed E-state index contributed by atoms with van der Waals surface area (Å²) >= 11 is 5.81. The van der Waals surface area contributed by atoms with Crippen molar-refractivity contribution in [3.8, 4) is 5.75 Å². The van der Waals surface area contributed by atoms with E-state index in [1.807, 2.05) is 30.3 Å². The highest BCUT2D eigenvalue weighted by atomic mass is 35.5. The fourth-order valence-corrected chi connectivity index (χ4v) is 3.82. The number of carbonyl (C=O) groups is 1. The van der Waals surface area contributed by atoms with Gasteiger partial charge in [-0.2, -0.15) is 0 Å². The van der Waals surface area contributed by atoms with E-state index in [2.05, 4.69) is 10.0 Å². The fraction of sp³-hybridized carbons (Fsp3) is 0.136. The first kappa shape index (κ1) is 21.7.